The minimum absolute atomic E-state index is 0.0515. The van der Waals surface area contributed by atoms with Crippen molar-refractivity contribution in [2.24, 2.45) is 5.41 Å². The number of nitrogens with one attached hydrogen (secondary N) is 1. The molecule has 0 fully saturated rings. The Kier molecular flexibility index (Phi) is 5.74. The molecule has 2 N–H and O–H groups in total. The quantitative estimate of drug-likeness (QED) is 0.846. The monoisotopic (exact) mass is 297 g/mol. The lowest BCUT2D eigenvalue weighted by Crippen LogP contribution is -2.41. The molecule has 0 bridgehead atoms. The van der Waals surface area contributed by atoms with E-state index in [-0.39, 0.29) is 11.3 Å². The van der Waals surface area contributed by atoms with Gasteiger partial charge in [-0.15, -0.1) is 11.3 Å². The van der Waals surface area contributed by atoms with Gasteiger partial charge in [-0.1, -0.05) is 27.7 Å². The summed E-state index contributed by atoms with van der Waals surface area (Å²) in [6.45, 7) is 8.15. The van der Waals surface area contributed by atoms with Crippen LogP contribution in [0.4, 0.5) is 0 Å². The van der Waals surface area contributed by atoms with Crippen molar-refractivity contribution in [2.45, 2.75) is 53.0 Å². The maximum absolute atomic E-state index is 12.2. The van der Waals surface area contributed by atoms with Crippen molar-refractivity contribution >= 4 is 23.2 Å². The van der Waals surface area contributed by atoms with Crippen LogP contribution in [0.3, 0.4) is 0 Å². The fourth-order valence-corrected chi connectivity index (χ4v) is 2.77. The largest absolute Gasteiger partial charge is 0.480 e. The van der Waals surface area contributed by atoms with Gasteiger partial charge >= 0.3 is 5.97 Å². The van der Waals surface area contributed by atoms with E-state index < -0.39 is 12.0 Å². The second kappa shape index (κ2) is 6.88. The smallest absolute Gasteiger partial charge is 0.326 e. The zero-order chi connectivity index (χ0) is 15.3. The molecule has 0 aliphatic heterocycles. The van der Waals surface area contributed by atoms with E-state index in [2.05, 4.69) is 26.1 Å². The predicted molar refractivity (Wildman–Crippen MR) is 81.3 cm³/mol. The number of thiophene rings is 1. The van der Waals surface area contributed by atoms with Crippen molar-refractivity contribution in [3.63, 3.8) is 0 Å². The number of amides is 1. The Balaban J connectivity index is 2.71. The average molecular weight is 297 g/mol. The number of rotatable bonds is 6. The third kappa shape index (κ3) is 4.96. The molecular weight excluding hydrogens is 274 g/mol. The van der Waals surface area contributed by atoms with Crippen LogP contribution in [0, 0.1) is 5.41 Å². The van der Waals surface area contributed by atoms with Crippen molar-refractivity contribution < 1.29 is 14.7 Å². The van der Waals surface area contributed by atoms with Crippen LogP contribution in [0.1, 0.15) is 55.8 Å². The van der Waals surface area contributed by atoms with Crippen LogP contribution in [0.15, 0.2) is 11.4 Å². The lowest BCUT2D eigenvalue weighted by Gasteiger charge is -2.21. The van der Waals surface area contributed by atoms with Gasteiger partial charge in [-0.2, -0.15) is 0 Å². The molecule has 1 heterocycles. The molecule has 1 unspecified atom stereocenters. The number of carbonyl (C=O) groups excluding carboxylic acids is 1. The van der Waals surface area contributed by atoms with Crippen LogP contribution in [0.5, 0.6) is 0 Å². The van der Waals surface area contributed by atoms with E-state index in [0.717, 1.165) is 18.4 Å². The molecule has 0 aromatic carbocycles. The fraction of sp³-hybridized carbons (Fsp3) is 0.600. The Hall–Kier alpha value is -1.36. The van der Waals surface area contributed by atoms with Crippen LogP contribution in [-0.4, -0.2) is 23.0 Å². The van der Waals surface area contributed by atoms with Gasteiger partial charge in [-0.3, -0.25) is 4.79 Å². The zero-order valence-electron chi connectivity index (χ0n) is 12.5. The first-order valence-corrected chi connectivity index (χ1v) is 7.72. The standard InChI is InChI=1S/C15H23NO3S/c1-5-10-7-9-20-12(10)13(17)16-11(14(18)19)6-8-15(2,3)4/h7,9,11H,5-6,8H2,1-4H3,(H,16,17)(H,18,19). The lowest BCUT2D eigenvalue weighted by atomic mass is 9.88. The summed E-state index contributed by atoms with van der Waals surface area (Å²) < 4.78 is 0. The number of hydrogen-bond donors (Lipinski definition) is 2. The first-order chi connectivity index (χ1) is 9.24. The van der Waals surface area contributed by atoms with E-state index in [1.807, 2.05) is 18.4 Å². The molecule has 0 radical (unpaired) electrons. The highest BCUT2D eigenvalue weighted by Crippen LogP contribution is 2.22. The van der Waals surface area contributed by atoms with Crippen LogP contribution >= 0.6 is 11.3 Å². The topological polar surface area (TPSA) is 66.4 Å². The summed E-state index contributed by atoms with van der Waals surface area (Å²) >= 11 is 1.35. The summed E-state index contributed by atoms with van der Waals surface area (Å²) in [7, 11) is 0. The molecule has 5 heteroatoms. The Morgan fingerprint density at radius 2 is 2.05 bits per heavy atom. The Morgan fingerprint density at radius 1 is 1.40 bits per heavy atom. The highest BCUT2D eigenvalue weighted by atomic mass is 32.1. The Bertz CT molecular complexity index is 474. The normalized spacial score (nSPS) is 13.0. The predicted octanol–water partition coefficient (Wildman–Crippen LogP) is 3.32. The van der Waals surface area contributed by atoms with Crippen LogP contribution in [-0.2, 0) is 11.2 Å². The van der Waals surface area contributed by atoms with E-state index in [1.165, 1.54) is 11.3 Å². The van der Waals surface area contributed by atoms with Gasteiger partial charge in [0.1, 0.15) is 6.04 Å². The van der Waals surface area contributed by atoms with Gasteiger partial charge in [0, 0.05) is 0 Å². The maximum atomic E-state index is 12.2. The molecule has 4 nitrogen and oxygen atoms in total. The molecule has 1 rings (SSSR count). The molecule has 0 saturated heterocycles. The van der Waals surface area contributed by atoms with Gasteiger partial charge in [0.2, 0.25) is 0 Å². The minimum atomic E-state index is -0.975. The number of hydrogen-bond acceptors (Lipinski definition) is 3. The minimum Gasteiger partial charge on any atom is -0.480 e. The number of carbonyl (C=O) groups is 2. The number of carboxylic acids is 1. The highest BCUT2D eigenvalue weighted by Gasteiger charge is 2.24. The molecule has 1 aromatic rings. The summed E-state index contributed by atoms with van der Waals surface area (Å²) in [5.41, 5.74) is 1.02. The lowest BCUT2D eigenvalue weighted by molar-refractivity contribution is -0.139. The van der Waals surface area contributed by atoms with Gasteiger partial charge in [0.15, 0.2) is 0 Å². The number of aliphatic carboxylic acids is 1. The van der Waals surface area contributed by atoms with Crippen molar-refractivity contribution in [1.82, 2.24) is 5.32 Å². The van der Waals surface area contributed by atoms with Crippen LogP contribution < -0.4 is 5.32 Å². The van der Waals surface area contributed by atoms with Gasteiger partial charge in [-0.05, 0) is 41.7 Å². The molecule has 1 amide bonds. The third-order valence-corrected chi connectivity index (χ3v) is 4.08. The molecule has 1 aromatic heterocycles. The van der Waals surface area contributed by atoms with Crippen molar-refractivity contribution in [2.75, 3.05) is 0 Å². The molecule has 20 heavy (non-hydrogen) atoms. The van der Waals surface area contributed by atoms with Crippen molar-refractivity contribution in [3.05, 3.63) is 21.9 Å². The van der Waals surface area contributed by atoms with Crippen molar-refractivity contribution in [1.29, 1.82) is 0 Å². The third-order valence-electron chi connectivity index (χ3n) is 3.12. The van der Waals surface area contributed by atoms with E-state index >= 15 is 0 Å². The van der Waals surface area contributed by atoms with Gasteiger partial charge in [-0.25, -0.2) is 4.79 Å². The second-order valence-corrected chi connectivity index (χ2v) is 7.01. The van der Waals surface area contributed by atoms with Gasteiger partial charge in [0.25, 0.3) is 5.91 Å². The highest BCUT2D eigenvalue weighted by molar-refractivity contribution is 7.12. The van der Waals surface area contributed by atoms with Crippen LogP contribution in [0.25, 0.3) is 0 Å². The van der Waals surface area contributed by atoms with E-state index in [1.54, 1.807) is 0 Å². The SMILES string of the molecule is CCc1ccsc1C(=O)NC(CCC(C)(C)C)C(=O)O. The molecule has 112 valence electrons. The zero-order valence-corrected chi connectivity index (χ0v) is 13.3. The molecule has 0 aliphatic rings. The number of carboxylic acid groups (broad SMARTS) is 1. The average Bonchev–Trinajstić information content (AvgIpc) is 2.80. The van der Waals surface area contributed by atoms with E-state index in [4.69, 9.17) is 0 Å². The molecular formula is C15H23NO3S. The summed E-state index contributed by atoms with van der Waals surface area (Å²) in [4.78, 5) is 24.0. The summed E-state index contributed by atoms with van der Waals surface area (Å²) in [6.07, 6.45) is 1.96. The number of aryl methyl sites for hydroxylation is 1. The van der Waals surface area contributed by atoms with E-state index in [9.17, 15) is 14.7 Å². The maximum Gasteiger partial charge on any atom is 0.326 e. The summed E-state index contributed by atoms with van der Waals surface area (Å²) in [5.74, 6) is -1.25. The summed E-state index contributed by atoms with van der Waals surface area (Å²) in [6, 6.07) is 1.08. The summed E-state index contributed by atoms with van der Waals surface area (Å²) in [5, 5.41) is 13.7. The van der Waals surface area contributed by atoms with Gasteiger partial charge < -0.3 is 10.4 Å². The molecule has 0 spiro atoms. The molecule has 0 aliphatic carbocycles. The van der Waals surface area contributed by atoms with Gasteiger partial charge in [0.05, 0.1) is 4.88 Å². The Morgan fingerprint density at radius 3 is 2.55 bits per heavy atom. The first-order valence-electron chi connectivity index (χ1n) is 6.84. The fourth-order valence-electron chi connectivity index (χ4n) is 1.87. The molecule has 0 saturated carbocycles. The van der Waals surface area contributed by atoms with E-state index in [0.29, 0.717) is 11.3 Å². The first kappa shape index (κ1) is 16.7. The Labute approximate surface area is 124 Å². The van der Waals surface area contributed by atoms with Crippen molar-refractivity contribution in [3.8, 4) is 0 Å². The second-order valence-electron chi connectivity index (χ2n) is 6.09. The van der Waals surface area contributed by atoms with Crippen LogP contribution in [0.2, 0.25) is 0 Å². The molecule has 1 atom stereocenters.